The van der Waals surface area contributed by atoms with Gasteiger partial charge in [0.15, 0.2) is 0 Å². The molecule has 1 saturated carbocycles. The Bertz CT molecular complexity index is 513. The van der Waals surface area contributed by atoms with Gasteiger partial charge in [0, 0.05) is 13.0 Å². The third-order valence-electron chi connectivity index (χ3n) is 4.95. The van der Waals surface area contributed by atoms with E-state index < -0.39 is 5.60 Å². The van der Waals surface area contributed by atoms with Crippen molar-refractivity contribution >= 4 is 0 Å². The number of benzene rings is 1. The highest BCUT2D eigenvalue weighted by Crippen LogP contribution is 2.42. The lowest BCUT2D eigenvalue weighted by atomic mass is 9.78. The average Bonchev–Trinajstić information content (AvgIpc) is 3.13. The van der Waals surface area contributed by atoms with Crippen LogP contribution in [0.15, 0.2) is 30.3 Å². The summed E-state index contributed by atoms with van der Waals surface area (Å²) in [5, 5.41) is 20.4. The molecule has 1 aliphatic carbocycles. The molecule has 0 saturated heterocycles. The van der Waals surface area contributed by atoms with Gasteiger partial charge >= 0.3 is 0 Å². The Morgan fingerprint density at radius 1 is 1.17 bits per heavy atom. The first-order valence-corrected chi connectivity index (χ1v) is 8.77. The zero-order valence-corrected chi connectivity index (χ0v) is 14.2. The van der Waals surface area contributed by atoms with Crippen molar-refractivity contribution in [3.05, 3.63) is 35.9 Å². The lowest BCUT2D eigenvalue weighted by Crippen LogP contribution is -2.33. The molecular formula is C20H29NO2. The van der Waals surface area contributed by atoms with Gasteiger partial charge in [-0.15, -0.1) is 0 Å². The SMILES string of the molecule is CCN(CC#CC[C@@](O)(c1ccccc1)C1CCCC1)CCO. The number of hydrogen-bond acceptors (Lipinski definition) is 3. The summed E-state index contributed by atoms with van der Waals surface area (Å²) >= 11 is 0. The van der Waals surface area contributed by atoms with Crippen LogP contribution in [0.25, 0.3) is 0 Å². The fourth-order valence-electron chi connectivity index (χ4n) is 3.47. The van der Waals surface area contributed by atoms with E-state index in [1.165, 1.54) is 12.8 Å². The summed E-state index contributed by atoms with van der Waals surface area (Å²) in [4.78, 5) is 2.10. The van der Waals surface area contributed by atoms with Crippen molar-refractivity contribution in [2.45, 2.75) is 44.6 Å². The van der Waals surface area contributed by atoms with Crippen molar-refractivity contribution in [3.8, 4) is 11.8 Å². The largest absolute Gasteiger partial charge is 0.395 e. The smallest absolute Gasteiger partial charge is 0.103 e. The first-order chi connectivity index (χ1) is 11.2. The van der Waals surface area contributed by atoms with Crippen molar-refractivity contribution in [1.29, 1.82) is 0 Å². The number of aliphatic hydroxyl groups excluding tert-OH is 1. The molecule has 0 heterocycles. The third kappa shape index (κ3) is 4.81. The monoisotopic (exact) mass is 315 g/mol. The minimum absolute atomic E-state index is 0.158. The minimum Gasteiger partial charge on any atom is -0.395 e. The van der Waals surface area contributed by atoms with Crippen LogP contribution in [-0.4, -0.2) is 41.4 Å². The minimum atomic E-state index is -0.835. The highest BCUT2D eigenvalue weighted by Gasteiger charge is 2.39. The Kier molecular flexibility index (Phi) is 7.11. The molecule has 126 valence electrons. The van der Waals surface area contributed by atoms with E-state index >= 15 is 0 Å². The molecule has 0 aliphatic heterocycles. The molecule has 23 heavy (non-hydrogen) atoms. The molecule has 3 heteroatoms. The lowest BCUT2D eigenvalue weighted by Gasteiger charge is -2.33. The Balaban J connectivity index is 2.07. The van der Waals surface area contributed by atoms with Crippen LogP contribution in [0.1, 0.15) is 44.6 Å². The van der Waals surface area contributed by atoms with Crippen molar-refractivity contribution in [2.75, 3.05) is 26.2 Å². The second kappa shape index (κ2) is 9.08. The summed E-state index contributed by atoms with van der Waals surface area (Å²) in [7, 11) is 0. The number of rotatable bonds is 7. The maximum absolute atomic E-state index is 11.4. The molecule has 1 aliphatic rings. The topological polar surface area (TPSA) is 43.7 Å². The number of hydrogen-bond donors (Lipinski definition) is 2. The summed E-state index contributed by atoms with van der Waals surface area (Å²) in [5.41, 5.74) is 0.155. The van der Waals surface area contributed by atoms with Crippen LogP contribution in [0.4, 0.5) is 0 Å². The van der Waals surface area contributed by atoms with Crippen LogP contribution < -0.4 is 0 Å². The zero-order valence-electron chi connectivity index (χ0n) is 14.2. The Labute approximate surface area is 140 Å². The van der Waals surface area contributed by atoms with E-state index in [0.29, 0.717) is 25.4 Å². The molecule has 2 rings (SSSR count). The molecule has 0 unspecified atom stereocenters. The summed E-state index contributed by atoms with van der Waals surface area (Å²) < 4.78 is 0. The number of nitrogens with zero attached hydrogens (tertiary/aromatic N) is 1. The second-order valence-corrected chi connectivity index (χ2v) is 6.39. The van der Waals surface area contributed by atoms with Crippen molar-refractivity contribution in [2.24, 2.45) is 5.92 Å². The van der Waals surface area contributed by atoms with E-state index in [1.807, 2.05) is 30.3 Å². The van der Waals surface area contributed by atoms with Crippen LogP contribution >= 0.6 is 0 Å². The Morgan fingerprint density at radius 2 is 1.87 bits per heavy atom. The highest BCUT2D eigenvalue weighted by atomic mass is 16.3. The number of likely N-dealkylation sites (N-methyl/N-ethyl adjacent to an activating group) is 1. The predicted octanol–water partition coefficient (Wildman–Crippen LogP) is 2.77. The van der Waals surface area contributed by atoms with Crippen LogP contribution in [0.3, 0.4) is 0 Å². The van der Waals surface area contributed by atoms with Gasteiger partial charge in [-0.05, 0) is 30.9 Å². The molecule has 0 radical (unpaired) electrons. The second-order valence-electron chi connectivity index (χ2n) is 6.39. The molecular weight excluding hydrogens is 286 g/mol. The van der Waals surface area contributed by atoms with Gasteiger partial charge < -0.3 is 10.2 Å². The van der Waals surface area contributed by atoms with Gasteiger partial charge in [-0.3, -0.25) is 4.90 Å². The normalized spacial score (nSPS) is 17.7. The van der Waals surface area contributed by atoms with E-state index in [0.717, 1.165) is 24.9 Å². The number of aliphatic hydroxyl groups is 2. The Hall–Kier alpha value is -1.34. The van der Waals surface area contributed by atoms with E-state index in [-0.39, 0.29) is 6.61 Å². The maximum Gasteiger partial charge on any atom is 0.103 e. The van der Waals surface area contributed by atoms with E-state index in [1.54, 1.807) is 0 Å². The van der Waals surface area contributed by atoms with Gasteiger partial charge in [0.25, 0.3) is 0 Å². The van der Waals surface area contributed by atoms with E-state index in [4.69, 9.17) is 5.11 Å². The van der Waals surface area contributed by atoms with E-state index in [2.05, 4.69) is 23.7 Å². The van der Waals surface area contributed by atoms with Gasteiger partial charge in [0.2, 0.25) is 0 Å². The van der Waals surface area contributed by atoms with Crippen molar-refractivity contribution < 1.29 is 10.2 Å². The molecule has 1 aromatic rings. The lowest BCUT2D eigenvalue weighted by molar-refractivity contribution is -0.0173. The standard InChI is InChI=1S/C20H29NO2/c1-2-21(16-17-22)15-9-8-14-20(23,19-12-6-7-13-19)18-10-4-3-5-11-18/h3-5,10-11,19,22-23H,2,6-7,12-17H2,1H3/t20-/m1/s1. The van der Waals surface area contributed by atoms with Gasteiger partial charge in [-0.2, -0.15) is 0 Å². The molecule has 0 amide bonds. The highest BCUT2D eigenvalue weighted by molar-refractivity contribution is 5.26. The maximum atomic E-state index is 11.4. The quantitative estimate of drug-likeness (QED) is 0.761. The first-order valence-electron chi connectivity index (χ1n) is 8.77. The summed E-state index contributed by atoms with van der Waals surface area (Å²) in [5.74, 6) is 6.68. The molecule has 1 atom stereocenters. The van der Waals surface area contributed by atoms with E-state index in [9.17, 15) is 5.11 Å². The molecule has 1 fully saturated rings. The summed E-state index contributed by atoms with van der Waals surface area (Å²) in [6, 6.07) is 10.00. The molecule has 0 bridgehead atoms. The van der Waals surface area contributed by atoms with Gasteiger partial charge in [0.05, 0.1) is 13.2 Å². The van der Waals surface area contributed by atoms with Crippen molar-refractivity contribution in [3.63, 3.8) is 0 Å². The molecule has 0 aromatic heterocycles. The van der Waals surface area contributed by atoms with Gasteiger partial charge in [-0.1, -0.05) is 61.9 Å². The van der Waals surface area contributed by atoms with Gasteiger partial charge in [0.1, 0.15) is 5.60 Å². The van der Waals surface area contributed by atoms with Crippen LogP contribution in [0.5, 0.6) is 0 Å². The molecule has 3 nitrogen and oxygen atoms in total. The van der Waals surface area contributed by atoms with Crippen molar-refractivity contribution in [1.82, 2.24) is 4.90 Å². The third-order valence-corrected chi connectivity index (χ3v) is 4.95. The molecule has 1 aromatic carbocycles. The van der Waals surface area contributed by atoms with Crippen LogP contribution in [0, 0.1) is 17.8 Å². The fourth-order valence-corrected chi connectivity index (χ4v) is 3.47. The Morgan fingerprint density at radius 3 is 2.48 bits per heavy atom. The van der Waals surface area contributed by atoms with Crippen LogP contribution in [0.2, 0.25) is 0 Å². The summed E-state index contributed by atoms with van der Waals surface area (Å²) in [6.45, 7) is 4.39. The molecule has 2 N–H and O–H groups in total. The fraction of sp³-hybridized carbons (Fsp3) is 0.600. The zero-order chi connectivity index (χ0) is 16.5. The predicted molar refractivity (Wildman–Crippen MR) is 93.9 cm³/mol. The summed E-state index contributed by atoms with van der Waals surface area (Å²) in [6.07, 6.45) is 5.05. The first kappa shape index (κ1) is 18.0. The van der Waals surface area contributed by atoms with Gasteiger partial charge in [-0.25, -0.2) is 0 Å². The molecule has 0 spiro atoms. The van der Waals surface area contributed by atoms with Crippen LogP contribution in [-0.2, 0) is 5.60 Å². The average molecular weight is 315 g/mol.